The van der Waals surface area contributed by atoms with Gasteiger partial charge in [0, 0.05) is 12.1 Å². The molecule has 0 bridgehead atoms. The van der Waals surface area contributed by atoms with Crippen LogP contribution in [0.25, 0.3) is 10.9 Å². The van der Waals surface area contributed by atoms with E-state index in [0.717, 1.165) is 27.8 Å². The molecule has 0 amide bonds. The smallest absolute Gasteiger partial charge is 0.253 e. The van der Waals surface area contributed by atoms with E-state index in [4.69, 9.17) is 16.6 Å². The highest BCUT2D eigenvalue weighted by Crippen LogP contribution is 2.18. The van der Waals surface area contributed by atoms with Crippen LogP contribution in [0.3, 0.4) is 0 Å². The summed E-state index contributed by atoms with van der Waals surface area (Å²) in [6.45, 7) is 5.03. The molecule has 0 saturated carbocycles. The molecule has 3 N–H and O–H groups in total. The molecular weight excluding hydrogens is 362 g/mol. The number of pyridine rings is 1. The van der Waals surface area contributed by atoms with Gasteiger partial charge < -0.3 is 24.7 Å². The Labute approximate surface area is 162 Å². The zero-order valence-electron chi connectivity index (χ0n) is 15.4. The SMILES string of the molecule is Cc1cc(C)c2[nH]c(=O)c(CN(CCO)C(=S)NCc3ccco3)cc2c1. The number of benzene rings is 1. The molecule has 0 aliphatic rings. The average Bonchev–Trinajstić information content (AvgIpc) is 3.14. The molecule has 1 aromatic carbocycles. The van der Waals surface area contributed by atoms with E-state index in [2.05, 4.69) is 10.3 Å². The highest BCUT2D eigenvalue weighted by molar-refractivity contribution is 7.80. The van der Waals surface area contributed by atoms with Crippen LogP contribution in [0.1, 0.15) is 22.5 Å². The van der Waals surface area contributed by atoms with Crippen LogP contribution >= 0.6 is 12.2 Å². The molecule has 142 valence electrons. The van der Waals surface area contributed by atoms with E-state index in [1.807, 2.05) is 44.2 Å². The van der Waals surface area contributed by atoms with Crippen molar-refractivity contribution in [1.82, 2.24) is 15.2 Å². The Kier molecular flexibility index (Phi) is 5.93. The summed E-state index contributed by atoms with van der Waals surface area (Å²) in [5.41, 5.74) is 3.48. The minimum Gasteiger partial charge on any atom is -0.467 e. The summed E-state index contributed by atoms with van der Waals surface area (Å²) in [4.78, 5) is 17.3. The van der Waals surface area contributed by atoms with Crippen molar-refractivity contribution in [3.8, 4) is 0 Å². The van der Waals surface area contributed by atoms with E-state index >= 15 is 0 Å². The molecule has 0 spiro atoms. The van der Waals surface area contributed by atoms with Crippen molar-refractivity contribution in [3.05, 3.63) is 69.4 Å². The van der Waals surface area contributed by atoms with Crippen LogP contribution in [-0.4, -0.2) is 33.3 Å². The predicted octanol–water partition coefficient (Wildman–Crippen LogP) is 2.61. The number of thiocarbonyl (C=S) groups is 1. The number of aromatic nitrogens is 1. The van der Waals surface area contributed by atoms with E-state index in [9.17, 15) is 9.90 Å². The van der Waals surface area contributed by atoms with Gasteiger partial charge >= 0.3 is 0 Å². The fourth-order valence-corrected chi connectivity index (χ4v) is 3.34. The molecule has 3 aromatic rings. The van der Waals surface area contributed by atoms with Crippen LogP contribution in [0.4, 0.5) is 0 Å². The minimum atomic E-state index is -0.147. The first-order valence-electron chi connectivity index (χ1n) is 8.77. The fraction of sp³-hybridized carbons (Fsp3) is 0.300. The van der Waals surface area contributed by atoms with E-state index < -0.39 is 0 Å². The van der Waals surface area contributed by atoms with E-state index in [1.54, 1.807) is 11.2 Å². The largest absolute Gasteiger partial charge is 0.467 e. The zero-order chi connectivity index (χ0) is 19.4. The Bertz CT molecular complexity index is 996. The first kappa shape index (κ1) is 19.1. The second-order valence-corrected chi connectivity index (χ2v) is 6.94. The van der Waals surface area contributed by atoms with Gasteiger partial charge in [0.2, 0.25) is 0 Å². The minimum absolute atomic E-state index is 0.0632. The van der Waals surface area contributed by atoms with Gasteiger partial charge in [-0.1, -0.05) is 11.6 Å². The van der Waals surface area contributed by atoms with Crippen LogP contribution in [-0.2, 0) is 13.1 Å². The summed E-state index contributed by atoms with van der Waals surface area (Å²) in [6, 6.07) is 9.65. The maximum Gasteiger partial charge on any atom is 0.253 e. The van der Waals surface area contributed by atoms with Gasteiger partial charge in [0.1, 0.15) is 5.76 Å². The van der Waals surface area contributed by atoms with Crippen molar-refractivity contribution in [2.75, 3.05) is 13.2 Å². The number of furan rings is 1. The van der Waals surface area contributed by atoms with E-state index in [-0.39, 0.29) is 12.2 Å². The van der Waals surface area contributed by atoms with Crippen LogP contribution < -0.4 is 10.9 Å². The molecule has 6 nitrogen and oxygen atoms in total. The average molecular weight is 385 g/mol. The van der Waals surface area contributed by atoms with Crippen LogP contribution in [0.2, 0.25) is 0 Å². The summed E-state index contributed by atoms with van der Waals surface area (Å²) in [5.74, 6) is 0.760. The Morgan fingerprint density at radius 2 is 2.15 bits per heavy atom. The summed E-state index contributed by atoms with van der Waals surface area (Å²) in [7, 11) is 0. The van der Waals surface area contributed by atoms with Crippen molar-refractivity contribution >= 4 is 28.2 Å². The lowest BCUT2D eigenvalue weighted by Crippen LogP contribution is -2.41. The molecule has 2 aromatic heterocycles. The summed E-state index contributed by atoms with van der Waals surface area (Å²) in [5, 5.41) is 13.9. The molecule has 0 aliphatic carbocycles. The van der Waals surface area contributed by atoms with E-state index in [1.165, 1.54) is 0 Å². The first-order valence-corrected chi connectivity index (χ1v) is 9.18. The Balaban J connectivity index is 1.82. The number of nitrogens with zero attached hydrogens (tertiary/aromatic N) is 1. The number of aryl methyl sites for hydroxylation is 2. The molecular formula is C20H23N3O3S. The number of hydrogen-bond donors (Lipinski definition) is 3. The highest BCUT2D eigenvalue weighted by Gasteiger charge is 2.14. The second kappa shape index (κ2) is 8.37. The summed E-state index contributed by atoms with van der Waals surface area (Å²) < 4.78 is 5.29. The molecule has 0 aliphatic heterocycles. The molecule has 2 heterocycles. The highest BCUT2D eigenvalue weighted by atomic mass is 32.1. The number of aromatic amines is 1. The van der Waals surface area contributed by atoms with Crippen molar-refractivity contribution in [3.63, 3.8) is 0 Å². The third-order valence-electron chi connectivity index (χ3n) is 4.38. The molecule has 0 fully saturated rings. The molecule has 7 heteroatoms. The summed E-state index contributed by atoms with van der Waals surface area (Å²) in [6.07, 6.45) is 1.60. The lowest BCUT2D eigenvalue weighted by Gasteiger charge is -2.24. The van der Waals surface area contributed by atoms with Crippen LogP contribution in [0, 0.1) is 13.8 Å². The molecule has 0 radical (unpaired) electrons. The number of fused-ring (bicyclic) bond motifs is 1. The lowest BCUT2D eigenvalue weighted by molar-refractivity contribution is 0.245. The number of aliphatic hydroxyl groups is 1. The van der Waals surface area contributed by atoms with Crippen molar-refractivity contribution in [2.24, 2.45) is 0 Å². The predicted molar refractivity (Wildman–Crippen MR) is 110 cm³/mol. The van der Waals surface area contributed by atoms with Gasteiger partial charge in [-0.15, -0.1) is 0 Å². The second-order valence-electron chi connectivity index (χ2n) is 6.55. The first-order chi connectivity index (χ1) is 13.0. The number of rotatable bonds is 6. The molecule has 0 unspecified atom stereocenters. The Morgan fingerprint density at radius 1 is 1.33 bits per heavy atom. The Morgan fingerprint density at radius 3 is 2.85 bits per heavy atom. The zero-order valence-corrected chi connectivity index (χ0v) is 16.2. The maximum absolute atomic E-state index is 12.6. The van der Waals surface area contributed by atoms with E-state index in [0.29, 0.717) is 30.3 Å². The van der Waals surface area contributed by atoms with Gasteiger partial charge in [0.25, 0.3) is 5.56 Å². The standard InChI is InChI=1S/C20H23N3O3S/c1-13-8-14(2)18-15(9-13)10-16(19(25)22-18)12-23(5-6-24)20(27)21-11-17-4-3-7-26-17/h3-4,7-10,24H,5-6,11-12H2,1-2H3,(H,21,27)(H,22,25). The van der Waals surface area contributed by atoms with Gasteiger partial charge in [0.15, 0.2) is 5.11 Å². The normalized spacial score (nSPS) is 10.9. The Hall–Kier alpha value is -2.64. The van der Waals surface area contributed by atoms with Gasteiger partial charge in [0.05, 0.1) is 31.5 Å². The van der Waals surface area contributed by atoms with Gasteiger partial charge in [-0.2, -0.15) is 0 Å². The van der Waals surface area contributed by atoms with Gasteiger partial charge in [-0.3, -0.25) is 4.79 Å². The van der Waals surface area contributed by atoms with Gasteiger partial charge in [-0.25, -0.2) is 0 Å². The van der Waals surface area contributed by atoms with Crippen molar-refractivity contribution in [2.45, 2.75) is 26.9 Å². The third-order valence-corrected chi connectivity index (χ3v) is 4.79. The van der Waals surface area contributed by atoms with Gasteiger partial charge in [-0.05, 0) is 61.3 Å². The topological polar surface area (TPSA) is 81.5 Å². The number of aliphatic hydroxyl groups excluding tert-OH is 1. The summed E-state index contributed by atoms with van der Waals surface area (Å²) >= 11 is 5.44. The molecule has 27 heavy (non-hydrogen) atoms. The number of nitrogens with one attached hydrogen (secondary N) is 2. The number of hydrogen-bond acceptors (Lipinski definition) is 4. The molecule has 3 rings (SSSR count). The third kappa shape index (κ3) is 4.56. The fourth-order valence-electron chi connectivity index (χ4n) is 3.12. The van der Waals surface area contributed by atoms with Crippen molar-refractivity contribution < 1.29 is 9.52 Å². The maximum atomic E-state index is 12.6. The number of H-pyrrole nitrogens is 1. The van der Waals surface area contributed by atoms with Crippen molar-refractivity contribution in [1.29, 1.82) is 0 Å². The quantitative estimate of drug-likeness (QED) is 0.566. The molecule has 0 atom stereocenters. The lowest BCUT2D eigenvalue weighted by atomic mass is 10.1. The van der Waals surface area contributed by atoms with Crippen LogP contribution in [0.15, 0.2) is 45.8 Å². The van der Waals surface area contributed by atoms with Crippen LogP contribution in [0.5, 0.6) is 0 Å². The molecule has 0 saturated heterocycles. The monoisotopic (exact) mass is 385 g/mol.